The van der Waals surface area contributed by atoms with Gasteiger partial charge < -0.3 is 5.11 Å². The maximum Gasteiger partial charge on any atom is 0.118 e. The molecule has 0 saturated heterocycles. The Balaban J connectivity index is 1.54. The molecule has 0 amide bonds. The summed E-state index contributed by atoms with van der Waals surface area (Å²) in [4.78, 5) is 0. The SMILES string of the molecule is Oc1ccccc1CCCSCCC1C=CC=CC1. The van der Waals surface area contributed by atoms with E-state index in [1.807, 2.05) is 30.0 Å². The van der Waals surface area contributed by atoms with E-state index in [0.717, 1.165) is 24.3 Å². The fourth-order valence-electron chi connectivity index (χ4n) is 2.27. The molecular weight excluding hydrogens is 252 g/mol. The van der Waals surface area contributed by atoms with Crippen molar-refractivity contribution in [3.8, 4) is 5.75 Å². The van der Waals surface area contributed by atoms with Gasteiger partial charge in [-0.05, 0) is 54.7 Å². The number of allylic oxidation sites excluding steroid dienone is 4. The highest BCUT2D eigenvalue weighted by Crippen LogP contribution is 2.20. The van der Waals surface area contributed by atoms with Crippen LogP contribution in [0.2, 0.25) is 0 Å². The van der Waals surface area contributed by atoms with Gasteiger partial charge >= 0.3 is 0 Å². The molecule has 0 radical (unpaired) electrons. The van der Waals surface area contributed by atoms with Crippen molar-refractivity contribution in [2.24, 2.45) is 5.92 Å². The van der Waals surface area contributed by atoms with Crippen LogP contribution < -0.4 is 0 Å². The summed E-state index contributed by atoms with van der Waals surface area (Å²) in [5, 5.41) is 9.66. The van der Waals surface area contributed by atoms with Crippen LogP contribution >= 0.6 is 11.8 Å². The van der Waals surface area contributed by atoms with Crippen molar-refractivity contribution in [1.29, 1.82) is 0 Å². The molecule has 0 aromatic heterocycles. The molecule has 2 rings (SSSR count). The fourth-order valence-corrected chi connectivity index (χ4v) is 3.29. The van der Waals surface area contributed by atoms with Crippen LogP contribution in [0.4, 0.5) is 0 Å². The minimum atomic E-state index is 0.437. The van der Waals surface area contributed by atoms with Crippen molar-refractivity contribution in [3.05, 3.63) is 54.1 Å². The molecule has 1 atom stereocenters. The highest BCUT2D eigenvalue weighted by molar-refractivity contribution is 7.99. The highest BCUT2D eigenvalue weighted by Gasteiger charge is 2.05. The van der Waals surface area contributed by atoms with Crippen LogP contribution in [0.5, 0.6) is 5.75 Å². The van der Waals surface area contributed by atoms with E-state index in [-0.39, 0.29) is 0 Å². The lowest BCUT2D eigenvalue weighted by atomic mass is 9.98. The van der Waals surface area contributed by atoms with Gasteiger partial charge in [0.05, 0.1) is 0 Å². The molecule has 1 aromatic rings. The van der Waals surface area contributed by atoms with E-state index < -0.39 is 0 Å². The molecule has 0 bridgehead atoms. The second kappa shape index (κ2) is 8.11. The zero-order valence-corrected chi connectivity index (χ0v) is 12.1. The minimum absolute atomic E-state index is 0.437. The molecule has 1 nitrogen and oxygen atoms in total. The average Bonchev–Trinajstić information content (AvgIpc) is 2.45. The van der Waals surface area contributed by atoms with Gasteiger partial charge in [0.15, 0.2) is 0 Å². The highest BCUT2D eigenvalue weighted by atomic mass is 32.2. The summed E-state index contributed by atoms with van der Waals surface area (Å²) in [5.74, 6) is 3.60. The fraction of sp³-hybridized carbons (Fsp3) is 0.412. The molecule has 0 spiro atoms. The molecule has 1 unspecified atom stereocenters. The van der Waals surface area contributed by atoms with E-state index in [1.165, 1.54) is 24.3 Å². The van der Waals surface area contributed by atoms with Crippen LogP contribution in [0.15, 0.2) is 48.6 Å². The number of aromatic hydroxyl groups is 1. The second-order valence-electron chi connectivity index (χ2n) is 4.94. The number of hydrogen-bond donors (Lipinski definition) is 1. The number of aryl methyl sites for hydroxylation is 1. The molecule has 1 N–H and O–H groups in total. The van der Waals surface area contributed by atoms with Crippen molar-refractivity contribution in [1.82, 2.24) is 0 Å². The summed E-state index contributed by atoms with van der Waals surface area (Å²) in [7, 11) is 0. The van der Waals surface area contributed by atoms with E-state index in [4.69, 9.17) is 0 Å². The lowest BCUT2D eigenvalue weighted by Crippen LogP contribution is -1.99. The predicted molar refractivity (Wildman–Crippen MR) is 84.8 cm³/mol. The van der Waals surface area contributed by atoms with Gasteiger partial charge in [-0.25, -0.2) is 0 Å². The minimum Gasteiger partial charge on any atom is -0.508 e. The number of para-hydroxylation sites is 1. The predicted octanol–water partition coefficient (Wildman–Crippen LogP) is 4.58. The first kappa shape index (κ1) is 14.3. The van der Waals surface area contributed by atoms with Gasteiger partial charge in [0.2, 0.25) is 0 Å². The molecule has 1 aliphatic rings. The van der Waals surface area contributed by atoms with Crippen LogP contribution in [0.3, 0.4) is 0 Å². The Hall–Kier alpha value is -1.15. The second-order valence-corrected chi connectivity index (χ2v) is 6.17. The molecular formula is C17H22OS. The standard InChI is InChI=1S/C17H22OS/c18-17-11-5-4-9-16(17)10-6-13-19-14-12-15-7-2-1-3-8-15/h1-5,7,9,11,15,18H,6,8,10,12-14H2. The Kier molecular flexibility index (Phi) is 6.09. The molecule has 1 aliphatic carbocycles. The van der Waals surface area contributed by atoms with Crippen molar-refractivity contribution in [2.75, 3.05) is 11.5 Å². The van der Waals surface area contributed by atoms with Crippen molar-refractivity contribution >= 4 is 11.8 Å². The molecule has 0 fully saturated rings. The number of benzene rings is 1. The van der Waals surface area contributed by atoms with Crippen LogP contribution in [0.25, 0.3) is 0 Å². The summed E-state index contributed by atoms with van der Waals surface area (Å²) < 4.78 is 0. The number of thioether (sulfide) groups is 1. The van der Waals surface area contributed by atoms with Crippen molar-refractivity contribution < 1.29 is 5.11 Å². The van der Waals surface area contributed by atoms with Crippen molar-refractivity contribution in [2.45, 2.75) is 25.7 Å². The van der Waals surface area contributed by atoms with E-state index in [9.17, 15) is 5.11 Å². The van der Waals surface area contributed by atoms with Gasteiger partial charge in [0.1, 0.15) is 5.75 Å². The van der Waals surface area contributed by atoms with E-state index in [2.05, 4.69) is 24.3 Å². The lowest BCUT2D eigenvalue weighted by molar-refractivity contribution is 0.467. The Bertz CT molecular complexity index is 437. The molecule has 0 heterocycles. The van der Waals surface area contributed by atoms with Gasteiger partial charge in [-0.15, -0.1) is 0 Å². The Labute approximate surface area is 120 Å². The topological polar surface area (TPSA) is 20.2 Å². The maximum atomic E-state index is 9.66. The number of hydrogen-bond acceptors (Lipinski definition) is 2. The zero-order valence-electron chi connectivity index (χ0n) is 11.3. The van der Waals surface area contributed by atoms with E-state index >= 15 is 0 Å². The van der Waals surface area contributed by atoms with Crippen LogP contribution in [0, 0.1) is 5.92 Å². The smallest absolute Gasteiger partial charge is 0.118 e. The monoisotopic (exact) mass is 274 g/mol. The Morgan fingerprint density at radius 3 is 2.84 bits per heavy atom. The van der Waals surface area contributed by atoms with Crippen LogP contribution in [-0.2, 0) is 6.42 Å². The van der Waals surface area contributed by atoms with Gasteiger partial charge in [0.25, 0.3) is 0 Å². The summed E-state index contributed by atoms with van der Waals surface area (Å²) >= 11 is 2.03. The van der Waals surface area contributed by atoms with Gasteiger partial charge in [-0.3, -0.25) is 0 Å². The largest absolute Gasteiger partial charge is 0.508 e. The van der Waals surface area contributed by atoms with Gasteiger partial charge in [-0.1, -0.05) is 42.5 Å². The quantitative estimate of drug-likeness (QED) is 0.734. The van der Waals surface area contributed by atoms with Crippen molar-refractivity contribution in [3.63, 3.8) is 0 Å². The molecule has 102 valence electrons. The number of phenols is 1. The molecule has 0 saturated carbocycles. The molecule has 19 heavy (non-hydrogen) atoms. The zero-order chi connectivity index (χ0) is 13.3. The third-order valence-corrected chi connectivity index (χ3v) is 4.53. The van der Waals surface area contributed by atoms with E-state index in [1.54, 1.807) is 6.07 Å². The normalized spacial score (nSPS) is 17.8. The third-order valence-electron chi connectivity index (χ3n) is 3.43. The first-order chi connectivity index (χ1) is 9.36. The van der Waals surface area contributed by atoms with Crippen LogP contribution in [-0.4, -0.2) is 16.6 Å². The first-order valence-corrected chi connectivity index (χ1v) is 8.19. The summed E-state index contributed by atoms with van der Waals surface area (Å²) in [6.45, 7) is 0. The molecule has 1 aromatic carbocycles. The summed E-state index contributed by atoms with van der Waals surface area (Å²) in [5.41, 5.74) is 1.07. The average molecular weight is 274 g/mol. The third kappa shape index (κ3) is 5.15. The van der Waals surface area contributed by atoms with Crippen LogP contribution in [0.1, 0.15) is 24.8 Å². The first-order valence-electron chi connectivity index (χ1n) is 7.04. The van der Waals surface area contributed by atoms with E-state index in [0.29, 0.717) is 5.75 Å². The van der Waals surface area contributed by atoms with Gasteiger partial charge in [-0.2, -0.15) is 11.8 Å². The Morgan fingerprint density at radius 1 is 1.16 bits per heavy atom. The summed E-state index contributed by atoms with van der Waals surface area (Å²) in [6, 6.07) is 7.65. The summed E-state index contributed by atoms with van der Waals surface area (Å²) in [6.07, 6.45) is 13.5. The number of rotatable bonds is 7. The molecule has 0 aliphatic heterocycles. The Morgan fingerprint density at radius 2 is 2.05 bits per heavy atom. The maximum absolute atomic E-state index is 9.66. The number of phenolic OH excluding ortho intramolecular Hbond substituents is 1. The molecule has 2 heteroatoms. The van der Waals surface area contributed by atoms with Gasteiger partial charge in [0, 0.05) is 0 Å². The lowest BCUT2D eigenvalue weighted by Gasteiger charge is -2.12.